The van der Waals surface area contributed by atoms with Crippen molar-refractivity contribution in [3.05, 3.63) is 60.0 Å². The van der Waals surface area contributed by atoms with Crippen molar-refractivity contribution in [3.8, 4) is 11.1 Å². The van der Waals surface area contributed by atoms with Crippen LogP contribution in [-0.4, -0.2) is 43.2 Å². The first-order chi connectivity index (χ1) is 13.1. The normalized spacial score (nSPS) is 12.3. The van der Waals surface area contributed by atoms with Gasteiger partial charge in [-0.2, -0.15) is 0 Å². The molecular formula is C20H23FN4O2. The molecule has 6 N–H and O–H groups in total. The quantitative estimate of drug-likeness (QED) is 0.455. The zero-order chi connectivity index (χ0) is 19.2. The Labute approximate surface area is 156 Å². The van der Waals surface area contributed by atoms with E-state index in [0.717, 1.165) is 22.0 Å². The van der Waals surface area contributed by atoms with Gasteiger partial charge in [0.05, 0.1) is 13.2 Å². The number of halogens is 1. The maximum absolute atomic E-state index is 13.1. The van der Waals surface area contributed by atoms with Crippen molar-refractivity contribution in [1.82, 2.24) is 10.3 Å². The Balaban J connectivity index is 1.67. The molecule has 0 saturated carbocycles. The topological polar surface area (TPSA) is 106 Å². The molecule has 142 valence electrons. The summed E-state index contributed by atoms with van der Waals surface area (Å²) >= 11 is 0. The molecular weight excluding hydrogens is 347 g/mol. The van der Waals surface area contributed by atoms with Gasteiger partial charge in [-0.15, -0.1) is 0 Å². The number of aromatic amines is 1. The number of aromatic nitrogens is 1. The largest absolute Gasteiger partial charge is 0.378 e. The van der Waals surface area contributed by atoms with Crippen LogP contribution in [0.3, 0.4) is 0 Å². The molecule has 3 aromatic rings. The summed E-state index contributed by atoms with van der Waals surface area (Å²) in [4.78, 5) is 15.5. The van der Waals surface area contributed by atoms with Gasteiger partial charge in [-0.05, 0) is 35.4 Å². The van der Waals surface area contributed by atoms with E-state index < -0.39 is 0 Å². The van der Waals surface area contributed by atoms with E-state index in [1.54, 1.807) is 18.2 Å². The van der Waals surface area contributed by atoms with Crippen molar-refractivity contribution >= 4 is 16.8 Å². The molecule has 2 aromatic carbocycles. The zero-order valence-corrected chi connectivity index (χ0v) is 14.9. The number of amides is 1. The van der Waals surface area contributed by atoms with Crippen molar-refractivity contribution in [2.45, 2.75) is 6.04 Å². The summed E-state index contributed by atoms with van der Waals surface area (Å²) in [5, 5.41) is 3.71. The van der Waals surface area contributed by atoms with Gasteiger partial charge < -0.3 is 26.5 Å². The fourth-order valence-corrected chi connectivity index (χ4v) is 2.77. The van der Waals surface area contributed by atoms with Gasteiger partial charge >= 0.3 is 0 Å². The minimum Gasteiger partial charge on any atom is -0.378 e. The highest BCUT2D eigenvalue weighted by molar-refractivity contribution is 5.98. The van der Waals surface area contributed by atoms with E-state index in [9.17, 15) is 9.18 Å². The predicted octanol–water partition coefficient (Wildman–Crippen LogP) is 2.01. The molecule has 0 fully saturated rings. The smallest absolute Gasteiger partial charge is 0.267 e. The van der Waals surface area contributed by atoms with Crippen molar-refractivity contribution in [2.75, 3.05) is 26.3 Å². The summed E-state index contributed by atoms with van der Waals surface area (Å²) < 4.78 is 18.4. The van der Waals surface area contributed by atoms with Crippen LogP contribution in [0.4, 0.5) is 4.39 Å². The molecule has 1 amide bonds. The van der Waals surface area contributed by atoms with Crippen LogP contribution in [0.15, 0.2) is 48.5 Å². The molecule has 1 aromatic heterocycles. The summed E-state index contributed by atoms with van der Waals surface area (Å²) in [6.07, 6.45) is 0. The van der Waals surface area contributed by atoms with Crippen LogP contribution in [-0.2, 0) is 4.74 Å². The number of hydrogen-bond donors (Lipinski definition) is 4. The summed E-state index contributed by atoms with van der Waals surface area (Å²) in [6, 6.07) is 13.6. The van der Waals surface area contributed by atoms with Crippen LogP contribution in [0.25, 0.3) is 22.0 Å². The summed E-state index contributed by atoms with van der Waals surface area (Å²) in [7, 11) is 0. The second kappa shape index (κ2) is 8.77. The first kappa shape index (κ1) is 19.0. The molecule has 0 aliphatic carbocycles. The van der Waals surface area contributed by atoms with Gasteiger partial charge in [0.15, 0.2) is 0 Å². The van der Waals surface area contributed by atoms with E-state index in [0.29, 0.717) is 32.0 Å². The van der Waals surface area contributed by atoms with Crippen LogP contribution in [0.2, 0.25) is 0 Å². The van der Waals surface area contributed by atoms with Gasteiger partial charge in [-0.3, -0.25) is 4.79 Å². The molecule has 1 atom stereocenters. The van der Waals surface area contributed by atoms with E-state index in [1.165, 1.54) is 12.1 Å². The molecule has 0 unspecified atom stereocenters. The standard InChI is InChI=1S/C20H23FN4O2/c21-16-5-3-13(4-6-16)14-1-2-15-10-19(25-18(15)9-14)20(26)24-11-17(23)12-27-8-7-22/h1-6,9-10,17,25H,7-8,11-12,22-23H2,(H,24,26)/t17-/m1/s1. The minimum absolute atomic E-state index is 0.233. The average molecular weight is 370 g/mol. The van der Waals surface area contributed by atoms with Gasteiger partial charge in [-0.25, -0.2) is 4.39 Å². The highest BCUT2D eigenvalue weighted by Crippen LogP contribution is 2.25. The molecule has 6 nitrogen and oxygen atoms in total. The lowest BCUT2D eigenvalue weighted by Crippen LogP contribution is -2.40. The molecule has 0 aliphatic rings. The van der Waals surface area contributed by atoms with E-state index in [-0.39, 0.29) is 17.8 Å². The Kier molecular flexibility index (Phi) is 6.18. The van der Waals surface area contributed by atoms with Crippen molar-refractivity contribution in [1.29, 1.82) is 0 Å². The van der Waals surface area contributed by atoms with Crippen molar-refractivity contribution < 1.29 is 13.9 Å². The molecule has 0 bridgehead atoms. The van der Waals surface area contributed by atoms with E-state index in [4.69, 9.17) is 16.2 Å². The molecule has 27 heavy (non-hydrogen) atoms. The SMILES string of the molecule is NCCOC[C@H](N)CNC(=O)c1cc2ccc(-c3ccc(F)cc3)cc2[nH]1. The highest BCUT2D eigenvalue weighted by Gasteiger charge is 2.12. The van der Waals surface area contributed by atoms with E-state index in [1.807, 2.05) is 18.2 Å². The lowest BCUT2D eigenvalue weighted by Gasteiger charge is -2.12. The van der Waals surface area contributed by atoms with Gasteiger partial charge in [0.25, 0.3) is 5.91 Å². The Hall–Kier alpha value is -2.74. The fraction of sp³-hybridized carbons (Fsp3) is 0.250. The number of ether oxygens (including phenoxy) is 1. The Bertz CT molecular complexity index is 908. The van der Waals surface area contributed by atoms with Crippen molar-refractivity contribution in [2.24, 2.45) is 11.5 Å². The third kappa shape index (κ3) is 4.91. The van der Waals surface area contributed by atoms with E-state index in [2.05, 4.69) is 10.3 Å². The van der Waals surface area contributed by atoms with Crippen molar-refractivity contribution in [3.63, 3.8) is 0 Å². The lowest BCUT2D eigenvalue weighted by molar-refractivity contribution is 0.0929. The number of nitrogens with one attached hydrogen (secondary N) is 2. The number of rotatable bonds is 8. The van der Waals surface area contributed by atoms with Gasteiger partial charge in [0, 0.05) is 30.0 Å². The number of hydrogen-bond acceptors (Lipinski definition) is 4. The number of H-pyrrole nitrogens is 1. The molecule has 0 saturated heterocycles. The number of carbonyl (C=O) groups excluding carboxylic acids is 1. The number of nitrogens with two attached hydrogens (primary N) is 2. The second-order valence-electron chi connectivity index (χ2n) is 6.33. The number of benzene rings is 2. The number of fused-ring (bicyclic) bond motifs is 1. The maximum Gasteiger partial charge on any atom is 0.267 e. The summed E-state index contributed by atoms with van der Waals surface area (Å²) in [5.41, 5.74) is 14.4. The zero-order valence-electron chi connectivity index (χ0n) is 14.9. The predicted molar refractivity (Wildman–Crippen MR) is 104 cm³/mol. The number of carbonyl (C=O) groups is 1. The van der Waals surface area contributed by atoms with Crippen LogP contribution in [0, 0.1) is 5.82 Å². The highest BCUT2D eigenvalue weighted by atomic mass is 19.1. The molecule has 3 rings (SSSR count). The molecule has 1 heterocycles. The monoisotopic (exact) mass is 370 g/mol. The lowest BCUT2D eigenvalue weighted by atomic mass is 10.0. The first-order valence-electron chi connectivity index (χ1n) is 8.77. The third-order valence-electron chi connectivity index (χ3n) is 4.16. The van der Waals surface area contributed by atoms with E-state index >= 15 is 0 Å². The van der Waals surface area contributed by atoms with Gasteiger partial charge in [0.1, 0.15) is 11.5 Å². The van der Waals surface area contributed by atoms with Crippen LogP contribution >= 0.6 is 0 Å². The fourth-order valence-electron chi connectivity index (χ4n) is 2.77. The minimum atomic E-state index is -0.296. The second-order valence-corrected chi connectivity index (χ2v) is 6.33. The third-order valence-corrected chi connectivity index (χ3v) is 4.16. The first-order valence-corrected chi connectivity index (χ1v) is 8.77. The molecule has 7 heteroatoms. The Morgan fingerprint density at radius 3 is 2.63 bits per heavy atom. The van der Waals surface area contributed by atoms with Crippen LogP contribution in [0.1, 0.15) is 10.5 Å². The molecule has 0 aliphatic heterocycles. The Morgan fingerprint density at radius 1 is 1.15 bits per heavy atom. The molecule has 0 radical (unpaired) electrons. The van der Waals surface area contributed by atoms with Gasteiger partial charge in [0.2, 0.25) is 0 Å². The maximum atomic E-state index is 13.1. The van der Waals surface area contributed by atoms with Crippen LogP contribution in [0.5, 0.6) is 0 Å². The molecule has 0 spiro atoms. The van der Waals surface area contributed by atoms with Gasteiger partial charge in [-0.1, -0.05) is 24.3 Å². The Morgan fingerprint density at radius 2 is 1.89 bits per heavy atom. The summed E-state index contributed by atoms with van der Waals surface area (Å²) in [5.74, 6) is -0.505. The van der Waals surface area contributed by atoms with Crippen LogP contribution < -0.4 is 16.8 Å². The average Bonchev–Trinajstić information content (AvgIpc) is 3.10. The summed E-state index contributed by atoms with van der Waals surface area (Å²) in [6.45, 7) is 1.53.